The molecule has 1 amide bonds. The van der Waals surface area contributed by atoms with E-state index in [0.717, 1.165) is 16.6 Å². The Morgan fingerprint density at radius 2 is 1.82 bits per heavy atom. The summed E-state index contributed by atoms with van der Waals surface area (Å²) in [6.45, 7) is -1.60. The molecule has 2 fully saturated rings. The van der Waals surface area contributed by atoms with Gasteiger partial charge in [-0.25, -0.2) is 18.5 Å². The summed E-state index contributed by atoms with van der Waals surface area (Å²) in [7, 11) is -5.14. The van der Waals surface area contributed by atoms with Crippen LogP contribution in [0, 0.1) is 6.42 Å². The van der Waals surface area contributed by atoms with Crippen molar-refractivity contribution in [2.45, 2.75) is 55.4 Å². The molecule has 5 heterocycles. The largest absolute Gasteiger partial charge is 0.497 e. The Bertz CT molecular complexity index is 2200. The highest BCUT2D eigenvalue weighted by Crippen LogP contribution is 2.49. The second-order valence-corrected chi connectivity index (χ2v) is 15.8. The minimum absolute atomic E-state index is 0.0958. The van der Waals surface area contributed by atoms with Crippen LogP contribution in [0.4, 0.5) is 11.6 Å². The highest BCUT2D eigenvalue weighted by Gasteiger charge is 2.50. The Kier molecular flexibility index (Phi) is 12.7. The molecule has 1 radical (unpaired) electrons. The Balaban J connectivity index is 1.21. The predicted octanol–water partition coefficient (Wildman–Crippen LogP) is -1.81. The first kappa shape index (κ1) is 42.2. The number of hydrogen-bond donors (Lipinski definition) is 8. The number of phosphoric ester groups is 2. The molecule has 2 aliphatic rings. The van der Waals surface area contributed by atoms with E-state index >= 15 is 0 Å². The number of ether oxygens (including phenoxy) is 3. The lowest BCUT2D eigenvalue weighted by Crippen LogP contribution is -2.55. The summed E-state index contributed by atoms with van der Waals surface area (Å²) in [5.74, 6) is 0.354. The zero-order chi connectivity index (χ0) is 41.2. The van der Waals surface area contributed by atoms with E-state index in [0.29, 0.717) is 22.7 Å². The monoisotopic (exact) mass is 840 g/mol. The van der Waals surface area contributed by atoms with Crippen LogP contribution < -0.4 is 36.7 Å². The Morgan fingerprint density at radius 1 is 1.11 bits per heavy atom. The lowest BCUT2D eigenvalue weighted by Gasteiger charge is -2.25. The number of fused-ring (bicyclic) bond motifs is 1. The molecule has 0 bridgehead atoms. The smallest absolute Gasteiger partial charge is 0.472 e. The van der Waals surface area contributed by atoms with E-state index in [4.69, 9.17) is 34.7 Å². The highest BCUT2D eigenvalue weighted by atomic mass is 31.2. The van der Waals surface area contributed by atoms with E-state index in [1.807, 2.05) is 0 Å². The van der Waals surface area contributed by atoms with Crippen LogP contribution in [0.25, 0.3) is 11.2 Å². The predicted molar refractivity (Wildman–Crippen MR) is 195 cm³/mol. The fourth-order valence-corrected chi connectivity index (χ4v) is 7.47. The van der Waals surface area contributed by atoms with Crippen molar-refractivity contribution in [2.24, 2.45) is 5.73 Å². The summed E-state index contributed by atoms with van der Waals surface area (Å²) < 4.78 is 59.6. The van der Waals surface area contributed by atoms with Gasteiger partial charge in [0.05, 0.1) is 32.4 Å². The second-order valence-electron chi connectivity index (χ2n) is 13.1. The number of phosphoric acid groups is 2. The van der Waals surface area contributed by atoms with Crippen molar-refractivity contribution < 1.29 is 66.1 Å². The quantitative estimate of drug-likeness (QED) is 0.0455. The zero-order valence-electron chi connectivity index (χ0n) is 30.5. The topological polar surface area (TPSA) is 335 Å². The van der Waals surface area contributed by atoms with Gasteiger partial charge >= 0.3 is 27.0 Å². The molecule has 3 aromatic heterocycles. The number of nitrogen functional groups attached to an aromatic ring is 1. The van der Waals surface area contributed by atoms with E-state index in [9.17, 15) is 38.5 Å². The lowest BCUT2D eigenvalue weighted by molar-refractivity contribution is -0.745. The fraction of sp³-hybridized carbons (Fsp3) is 0.452. The van der Waals surface area contributed by atoms with Gasteiger partial charge in [0.15, 0.2) is 18.5 Å². The third kappa shape index (κ3) is 10.0. The van der Waals surface area contributed by atoms with Crippen LogP contribution in [0.3, 0.4) is 0 Å². The maximum Gasteiger partial charge on any atom is 0.472 e. The molecule has 309 valence electrons. The van der Waals surface area contributed by atoms with Gasteiger partial charge in [-0.05, 0) is 30.2 Å². The number of hydrogen-bond acceptors (Lipinski definition) is 17. The van der Waals surface area contributed by atoms with Crippen LogP contribution in [-0.2, 0) is 43.4 Å². The van der Waals surface area contributed by atoms with Crippen LogP contribution in [0.15, 0.2) is 54.0 Å². The molecule has 2 saturated heterocycles. The number of amides is 1. The average Bonchev–Trinajstić information content (AvgIpc) is 3.84. The van der Waals surface area contributed by atoms with Crippen LogP contribution in [0.5, 0.6) is 5.75 Å². The number of benzene rings is 1. The van der Waals surface area contributed by atoms with Crippen LogP contribution in [0.1, 0.15) is 18.0 Å². The van der Waals surface area contributed by atoms with Gasteiger partial charge in [-0.3, -0.25) is 27.9 Å². The van der Waals surface area contributed by atoms with Crippen molar-refractivity contribution in [3.8, 4) is 5.75 Å². The molecule has 4 aromatic rings. The van der Waals surface area contributed by atoms with Gasteiger partial charge < -0.3 is 55.7 Å². The van der Waals surface area contributed by atoms with E-state index < -0.39 is 89.4 Å². The Labute approximate surface area is 323 Å². The lowest BCUT2D eigenvalue weighted by atomic mass is 10.0. The number of carbonyl (C=O) groups is 1. The summed E-state index contributed by atoms with van der Waals surface area (Å²) in [5, 5.41) is 14.3. The number of nitrogens with one attached hydrogen (secondary N) is 2. The third-order valence-electron chi connectivity index (χ3n) is 8.96. The summed E-state index contributed by atoms with van der Waals surface area (Å²) in [6, 6.07) is 5.80. The van der Waals surface area contributed by atoms with Crippen molar-refractivity contribution in [1.29, 1.82) is 0 Å². The van der Waals surface area contributed by atoms with Gasteiger partial charge in [0.1, 0.15) is 42.2 Å². The van der Waals surface area contributed by atoms with Crippen molar-refractivity contribution >= 4 is 44.4 Å². The number of nitrogens with zero attached hydrogens (tertiary/aromatic N) is 6. The van der Waals surface area contributed by atoms with Crippen LogP contribution >= 0.6 is 15.6 Å². The maximum absolute atomic E-state index is 13.5. The number of imidazole rings is 1. The van der Waals surface area contributed by atoms with Crippen molar-refractivity contribution in [1.82, 2.24) is 29.8 Å². The van der Waals surface area contributed by atoms with Crippen molar-refractivity contribution in [3.05, 3.63) is 71.7 Å². The summed E-state index contributed by atoms with van der Waals surface area (Å²) >= 11 is 0. The molecule has 57 heavy (non-hydrogen) atoms. The van der Waals surface area contributed by atoms with Gasteiger partial charge in [0.25, 0.3) is 0 Å². The van der Waals surface area contributed by atoms with Crippen molar-refractivity contribution in [3.63, 3.8) is 0 Å². The molecule has 0 saturated carbocycles. The summed E-state index contributed by atoms with van der Waals surface area (Å²) in [5.41, 5.74) is 12.5. The minimum Gasteiger partial charge on any atom is -0.497 e. The number of anilines is 2. The molecule has 6 rings (SSSR count). The first-order valence-corrected chi connectivity index (χ1v) is 20.1. The summed E-state index contributed by atoms with van der Waals surface area (Å²) in [6.07, 6.45) is -3.09. The summed E-state index contributed by atoms with van der Waals surface area (Å²) in [4.78, 5) is 72.4. The first-order chi connectivity index (χ1) is 26.9. The number of H-pyrrole nitrogens is 1. The SMILES string of the molecule is COc1ccc(CC(N)C(=O)NC2C(COP(=O)(O)OC3[CH]C(n4ccc(N)nc4=O)OC3COP(=O)(O)O)OC([n+]3c[nH]c4c(N(C)C)ncnc43)C2O)cc1. The number of aromatic amines is 1. The van der Waals surface area contributed by atoms with Gasteiger partial charge in [0, 0.05) is 26.7 Å². The fourth-order valence-electron chi connectivity index (χ4n) is 6.22. The zero-order valence-corrected chi connectivity index (χ0v) is 32.3. The van der Waals surface area contributed by atoms with Gasteiger partial charge in [-0.15, -0.1) is 0 Å². The maximum atomic E-state index is 13.5. The van der Waals surface area contributed by atoms with Gasteiger partial charge in [0.2, 0.25) is 17.7 Å². The number of aliphatic hydroxyl groups excluding tert-OH is 1. The molecular formula is C31H42N10O14P2+. The molecule has 10 N–H and O–H groups in total. The molecule has 26 heteroatoms. The number of carbonyl (C=O) groups excluding carboxylic acids is 1. The molecule has 0 aliphatic carbocycles. The molecule has 2 aliphatic heterocycles. The number of aromatic nitrogens is 6. The second kappa shape index (κ2) is 17.2. The standard InChI is InChI=1S/C31H41N10O14P2/c1-39(2)27-25-28(35-14-34-27)41(15-36-25)30-26(42)24(38-29(43)18(32)10-16-4-6-17(50-3)7-5-16)21(54-30)13-52-57(48,49)55-19-11-23(40-9-8-22(33)37-31(40)44)53-20(19)12-51-56(45,46)47/h4-9,11,14-15,18-21,23-24,26,30,42H,10,12-13,32H2,1-3H3,(H6,33,37,38,43,44,45,46,47,48,49)/p+1. The third-order valence-corrected chi connectivity index (χ3v) is 10.4. The van der Waals surface area contributed by atoms with Crippen LogP contribution in [0.2, 0.25) is 0 Å². The van der Waals surface area contributed by atoms with E-state index in [1.165, 1.54) is 36.6 Å². The molecular weight excluding hydrogens is 798 g/mol. The number of methoxy groups -OCH3 is 1. The first-order valence-electron chi connectivity index (χ1n) is 17.1. The molecule has 24 nitrogen and oxygen atoms in total. The number of rotatable bonds is 16. The Morgan fingerprint density at radius 3 is 2.49 bits per heavy atom. The van der Waals surface area contributed by atoms with Gasteiger partial charge in [-0.1, -0.05) is 17.1 Å². The molecule has 9 atom stereocenters. The normalized spacial score (nSPS) is 25.3. The van der Waals surface area contributed by atoms with Gasteiger partial charge in [-0.2, -0.15) is 9.97 Å². The molecule has 1 aromatic carbocycles. The Hall–Kier alpha value is -4.42. The molecule has 0 spiro atoms. The average molecular weight is 841 g/mol. The number of aliphatic hydroxyl groups is 1. The van der Waals surface area contributed by atoms with E-state index in [2.05, 4.69) is 29.8 Å². The van der Waals surface area contributed by atoms with Crippen LogP contribution in [-0.4, -0.2) is 121 Å². The van der Waals surface area contributed by atoms with E-state index in [1.54, 1.807) is 43.3 Å². The number of nitrogens with two attached hydrogens (primary N) is 2. The minimum atomic E-state index is -5.15. The highest BCUT2D eigenvalue weighted by molar-refractivity contribution is 7.47. The van der Waals surface area contributed by atoms with Crippen molar-refractivity contribution in [2.75, 3.05) is 45.1 Å². The molecule has 9 unspecified atom stereocenters. The van der Waals surface area contributed by atoms with E-state index in [-0.39, 0.29) is 12.2 Å².